The van der Waals surface area contributed by atoms with Crippen molar-refractivity contribution in [2.45, 2.75) is 19.9 Å². The largest absolute Gasteiger partial charge is 0.478 e. The van der Waals surface area contributed by atoms with Crippen LogP contribution in [0, 0.1) is 0 Å². The molecule has 1 aliphatic rings. The molecule has 25 heavy (non-hydrogen) atoms. The Balaban J connectivity index is 1.54. The molecular formula is C16H22N6O3. The van der Waals surface area contributed by atoms with Crippen LogP contribution in [0.15, 0.2) is 29.1 Å². The van der Waals surface area contributed by atoms with Crippen LogP contribution >= 0.6 is 0 Å². The second kappa shape index (κ2) is 8.32. The number of aromatic nitrogens is 3. The summed E-state index contributed by atoms with van der Waals surface area (Å²) in [5, 5.41) is 6.64. The zero-order valence-corrected chi connectivity index (χ0v) is 14.2. The van der Waals surface area contributed by atoms with Gasteiger partial charge >= 0.3 is 6.03 Å². The van der Waals surface area contributed by atoms with Crippen molar-refractivity contribution in [2.24, 2.45) is 0 Å². The molecule has 9 heteroatoms. The van der Waals surface area contributed by atoms with Crippen LogP contribution in [0.5, 0.6) is 5.88 Å². The van der Waals surface area contributed by atoms with E-state index in [0.717, 1.165) is 13.0 Å². The third kappa shape index (κ3) is 4.59. The number of urea groups is 1. The fraction of sp³-hybridized carbons (Fsp3) is 0.500. The van der Waals surface area contributed by atoms with E-state index in [2.05, 4.69) is 25.3 Å². The molecule has 0 aromatic carbocycles. The van der Waals surface area contributed by atoms with Gasteiger partial charge in [0.15, 0.2) is 0 Å². The van der Waals surface area contributed by atoms with Crippen molar-refractivity contribution in [2.75, 3.05) is 37.7 Å². The van der Waals surface area contributed by atoms with Crippen molar-refractivity contribution < 1.29 is 14.1 Å². The SMILES string of the molecule is CCOc1ccnc(N2CCCN(C(=O)NCc3ccon3)CC2)n1. The molecule has 1 N–H and O–H groups in total. The number of anilines is 1. The van der Waals surface area contributed by atoms with Gasteiger partial charge in [0.05, 0.1) is 13.2 Å². The summed E-state index contributed by atoms with van der Waals surface area (Å²) in [6.07, 6.45) is 4.03. The number of carbonyl (C=O) groups is 1. The second-order valence-electron chi connectivity index (χ2n) is 5.61. The average Bonchev–Trinajstić information content (AvgIpc) is 3.02. The maximum Gasteiger partial charge on any atom is 0.317 e. The van der Waals surface area contributed by atoms with Gasteiger partial charge < -0.3 is 24.4 Å². The molecule has 3 rings (SSSR count). The summed E-state index contributed by atoms with van der Waals surface area (Å²) in [7, 11) is 0. The summed E-state index contributed by atoms with van der Waals surface area (Å²) >= 11 is 0. The van der Waals surface area contributed by atoms with E-state index in [-0.39, 0.29) is 6.03 Å². The minimum absolute atomic E-state index is 0.103. The Bertz CT molecular complexity index is 678. The van der Waals surface area contributed by atoms with Gasteiger partial charge in [-0.05, 0) is 13.3 Å². The Morgan fingerprint density at radius 2 is 2.24 bits per heavy atom. The lowest BCUT2D eigenvalue weighted by Crippen LogP contribution is -2.41. The normalized spacial score (nSPS) is 14.9. The fourth-order valence-electron chi connectivity index (χ4n) is 2.64. The van der Waals surface area contributed by atoms with Gasteiger partial charge in [0.2, 0.25) is 11.8 Å². The summed E-state index contributed by atoms with van der Waals surface area (Å²) in [4.78, 5) is 24.9. The summed E-state index contributed by atoms with van der Waals surface area (Å²) in [6, 6.07) is 3.37. The molecule has 2 aromatic rings. The second-order valence-corrected chi connectivity index (χ2v) is 5.61. The van der Waals surface area contributed by atoms with E-state index >= 15 is 0 Å². The number of carbonyl (C=O) groups excluding carboxylic acids is 1. The third-order valence-electron chi connectivity index (χ3n) is 3.89. The van der Waals surface area contributed by atoms with Crippen LogP contribution in [0.4, 0.5) is 10.7 Å². The van der Waals surface area contributed by atoms with Crippen molar-refractivity contribution in [1.82, 2.24) is 25.3 Å². The predicted molar refractivity (Wildman–Crippen MR) is 90.3 cm³/mol. The molecule has 0 aliphatic carbocycles. The highest BCUT2D eigenvalue weighted by Crippen LogP contribution is 2.15. The average molecular weight is 346 g/mol. The van der Waals surface area contributed by atoms with Crippen molar-refractivity contribution in [3.05, 3.63) is 30.3 Å². The molecule has 1 saturated heterocycles. The molecule has 0 saturated carbocycles. The summed E-state index contributed by atoms with van der Waals surface area (Å²) in [5.74, 6) is 1.20. The first-order valence-electron chi connectivity index (χ1n) is 8.39. The summed E-state index contributed by atoms with van der Waals surface area (Å²) in [5.41, 5.74) is 0.700. The summed E-state index contributed by atoms with van der Waals surface area (Å²) < 4.78 is 10.2. The van der Waals surface area contributed by atoms with Crippen molar-refractivity contribution in [3.8, 4) is 5.88 Å². The van der Waals surface area contributed by atoms with Gasteiger partial charge in [0.25, 0.3) is 0 Å². The molecule has 0 unspecified atom stereocenters. The lowest BCUT2D eigenvalue weighted by Gasteiger charge is -2.22. The molecule has 0 spiro atoms. The number of nitrogens with one attached hydrogen (secondary N) is 1. The number of hydrogen-bond acceptors (Lipinski definition) is 7. The van der Waals surface area contributed by atoms with Crippen molar-refractivity contribution >= 4 is 12.0 Å². The molecule has 1 fully saturated rings. The highest BCUT2D eigenvalue weighted by atomic mass is 16.5. The number of nitrogens with zero attached hydrogens (tertiary/aromatic N) is 5. The van der Waals surface area contributed by atoms with E-state index in [1.807, 2.05) is 6.92 Å². The lowest BCUT2D eigenvalue weighted by molar-refractivity contribution is 0.200. The van der Waals surface area contributed by atoms with Crippen LogP contribution in [0.3, 0.4) is 0 Å². The molecule has 134 valence electrons. The van der Waals surface area contributed by atoms with Crippen molar-refractivity contribution in [1.29, 1.82) is 0 Å². The van der Waals surface area contributed by atoms with Gasteiger partial charge in [-0.1, -0.05) is 5.16 Å². The highest BCUT2D eigenvalue weighted by Gasteiger charge is 2.20. The van der Waals surface area contributed by atoms with E-state index in [9.17, 15) is 4.79 Å². The highest BCUT2D eigenvalue weighted by molar-refractivity contribution is 5.74. The van der Waals surface area contributed by atoms with E-state index < -0.39 is 0 Å². The quantitative estimate of drug-likeness (QED) is 0.871. The van der Waals surface area contributed by atoms with Gasteiger partial charge in [-0.25, -0.2) is 9.78 Å². The maximum atomic E-state index is 12.3. The predicted octanol–water partition coefficient (Wildman–Crippen LogP) is 1.29. The van der Waals surface area contributed by atoms with Crippen molar-refractivity contribution in [3.63, 3.8) is 0 Å². The topological polar surface area (TPSA) is 96.6 Å². The number of hydrogen-bond donors (Lipinski definition) is 1. The first-order valence-corrected chi connectivity index (χ1v) is 8.39. The Hall–Kier alpha value is -2.84. The minimum Gasteiger partial charge on any atom is -0.478 e. The Morgan fingerprint density at radius 1 is 1.32 bits per heavy atom. The molecule has 0 radical (unpaired) electrons. The monoisotopic (exact) mass is 346 g/mol. The molecule has 2 amide bonds. The Morgan fingerprint density at radius 3 is 3.04 bits per heavy atom. The Kier molecular flexibility index (Phi) is 5.65. The zero-order valence-electron chi connectivity index (χ0n) is 14.2. The number of rotatable bonds is 5. The van der Waals surface area contributed by atoms with E-state index in [0.29, 0.717) is 50.3 Å². The number of amides is 2. The zero-order chi connectivity index (χ0) is 17.5. The fourth-order valence-corrected chi connectivity index (χ4v) is 2.64. The molecule has 2 aromatic heterocycles. The first-order chi connectivity index (χ1) is 12.3. The molecule has 9 nitrogen and oxygen atoms in total. The van der Waals surface area contributed by atoms with Crippen LogP contribution in [0.2, 0.25) is 0 Å². The molecule has 0 atom stereocenters. The van der Waals surface area contributed by atoms with Crippen LogP contribution < -0.4 is 15.0 Å². The van der Waals surface area contributed by atoms with Gasteiger partial charge in [-0.2, -0.15) is 4.98 Å². The standard InChI is InChI=1S/C16H22N6O3/c1-2-24-14-4-6-17-15(19-14)21-7-3-8-22(10-9-21)16(23)18-12-13-5-11-25-20-13/h4-6,11H,2-3,7-10,12H2,1H3,(H,18,23). The molecule has 0 bridgehead atoms. The van der Waals surface area contributed by atoms with Gasteiger partial charge in [-0.3, -0.25) is 0 Å². The minimum atomic E-state index is -0.103. The number of ether oxygens (including phenoxy) is 1. The molecule has 1 aliphatic heterocycles. The van der Waals surface area contributed by atoms with Gasteiger partial charge in [0, 0.05) is 44.5 Å². The Labute approximate surface area is 146 Å². The molecular weight excluding hydrogens is 324 g/mol. The van der Waals surface area contributed by atoms with Gasteiger partial charge in [0.1, 0.15) is 12.0 Å². The van der Waals surface area contributed by atoms with Crippen LogP contribution in [0.1, 0.15) is 19.0 Å². The van der Waals surface area contributed by atoms with Crippen LogP contribution in [0.25, 0.3) is 0 Å². The van der Waals surface area contributed by atoms with E-state index in [1.165, 1.54) is 6.26 Å². The lowest BCUT2D eigenvalue weighted by atomic mass is 10.4. The van der Waals surface area contributed by atoms with Crippen LogP contribution in [-0.4, -0.2) is 58.8 Å². The smallest absolute Gasteiger partial charge is 0.317 e. The first kappa shape index (κ1) is 17.0. The van der Waals surface area contributed by atoms with E-state index in [4.69, 9.17) is 9.26 Å². The maximum absolute atomic E-state index is 12.3. The molecule has 3 heterocycles. The van der Waals surface area contributed by atoms with E-state index in [1.54, 1.807) is 23.2 Å². The summed E-state index contributed by atoms with van der Waals surface area (Å²) in [6.45, 7) is 5.60. The van der Waals surface area contributed by atoms with Gasteiger partial charge in [-0.15, -0.1) is 0 Å². The third-order valence-corrected chi connectivity index (χ3v) is 3.89. The van der Waals surface area contributed by atoms with Crippen LogP contribution in [-0.2, 0) is 6.54 Å².